The van der Waals surface area contributed by atoms with E-state index in [1.807, 2.05) is 0 Å². The molecule has 1 fully saturated rings. The van der Waals surface area contributed by atoms with Gasteiger partial charge in [0.25, 0.3) is 0 Å². The summed E-state index contributed by atoms with van der Waals surface area (Å²) >= 11 is 0. The van der Waals surface area contributed by atoms with E-state index in [0.717, 1.165) is 25.2 Å². The molecule has 0 radical (unpaired) electrons. The van der Waals surface area contributed by atoms with E-state index in [9.17, 15) is 13.2 Å². The number of hydrogen-bond donors (Lipinski definition) is 2. The van der Waals surface area contributed by atoms with Gasteiger partial charge in [-0.05, 0) is 45.0 Å². The molecule has 0 aliphatic carbocycles. The molecule has 1 saturated heterocycles. The van der Waals surface area contributed by atoms with Crippen LogP contribution in [0.4, 0.5) is 24.8 Å². The summed E-state index contributed by atoms with van der Waals surface area (Å²) in [4.78, 5) is 6.46. The Bertz CT molecular complexity index is 470. The van der Waals surface area contributed by atoms with Gasteiger partial charge in [0.15, 0.2) is 0 Å². The van der Waals surface area contributed by atoms with E-state index in [-0.39, 0.29) is 17.7 Å². The normalized spacial score (nSPS) is 17.8. The van der Waals surface area contributed by atoms with Gasteiger partial charge >= 0.3 is 6.18 Å². The molecular formula is C14H21F3N4. The molecule has 0 spiro atoms. The third kappa shape index (κ3) is 4.23. The van der Waals surface area contributed by atoms with Crippen molar-refractivity contribution in [3.63, 3.8) is 0 Å². The number of anilines is 2. The van der Waals surface area contributed by atoms with Crippen molar-refractivity contribution in [3.05, 3.63) is 17.7 Å². The third-order valence-electron chi connectivity index (χ3n) is 3.75. The zero-order chi connectivity index (χ0) is 15.5. The molecule has 2 N–H and O–H groups in total. The fourth-order valence-electron chi connectivity index (χ4n) is 2.48. The van der Waals surface area contributed by atoms with E-state index in [1.165, 1.54) is 12.8 Å². The molecule has 1 aliphatic heterocycles. The number of halogens is 3. The monoisotopic (exact) mass is 302 g/mol. The second-order valence-electron chi connectivity index (χ2n) is 5.35. The van der Waals surface area contributed by atoms with Gasteiger partial charge in [0.2, 0.25) is 0 Å². The van der Waals surface area contributed by atoms with Crippen LogP contribution >= 0.6 is 0 Å². The number of rotatable bonds is 5. The fourth-order valence-corrected chi connectivity index (χ4v) is 2.48. The van der Waals surface area contributed by atoms with E-state index in [4.69, 9.17) is 0 Å². The van der Waals surface area contributed by atoms with Crippen LogP contribution in [-0.4, -0.2) is 42.6 Å². The molecule has 0 saturated carbocycles. The number of pyridine rings is 1. The molecular weight excluding hydrogens is 281 g/mol. The number of nitrogens with one attached hydrogen (secondary N) is 2. The van der Waals surface area contributed by atoms with Crippen LogP contribution in [0, 0.1) is 0 Å². The molecule has 118 valence electrons. The zero-order valence-electron chi connectivity index (χ0n) is 12.3. The van der Waals surface area contributed by atoms with Gasteiger partial charge in [0, 0.05) is 19.6 Å². The van der Waals surface area contributed by atoms with Crippen LogP contribution in [0.3, 0.4) is 0 Å². The van der Waals surface area contributed by atoms with Crippen LogP contribution in [0.5, 0.6) is 0 Å². The van der Waals surface area contributed by atoms with E-state index in [2.05, 4.69) is 27.4 Å². The molecule has 4 nitrogen and oxygen atoms in total. The summed E-state index contributed by atoms with van der Waals surface area (Å²) < 4.78 is 38.5. The Labute approximate surface area is 122 Å². The van der Waals surface area contributed by atoms with Crippen molar-refractivity contribution in [3.8, 4) is 0 Å². The molecule has 1 aliphatic rings. The first-order chi connectivity index (χ1) is 9.90. The van der Waals surface area contributed by atoms with Crippen molar-refractivity contribution in [1.29, 1.82) is 0 Å². The first-order valence-electron chi connectivity index (χ1n) is 7.15. The minimum atomic E-state index is -4.37. The van der Waals surface area contributed by atoms with Crippen LogP contribution in [0.2, 0.25) is 0 Å². The molecule has 1 unspecified atom stereocenters. The summed E-state index contributed by atoms with van der Waals surface area (Å²) in [6.07, 6.45) is -1.99. The first kappa shape index (κ1) is 15.9. The van der Waals surface area contributed by atoms with Crippen molar-refractivity contribution in [2.45, 2.75) is 32.0 Å². The summed E-state index contributed by atoms with van der Waals surface area (Å²) in [5, 5.41) is 5.68. The van der Waals surface area contributed by atoms with Crippen LogP contribution in [0.25, 0.3) is 0 Å². The maximum Gasteiger partial charge on any atom is 0.416 e. The van der Waals surface area contributed by atoms with Crippen LogP contribution in [-0.2, 0) is 6.18 Å². The maximum atomic E-state index is 12.8. The second kappa shape index (κ2) is 6.51. The first-order valence-corrected chi connectivity index (χ1v) is 7.15. The lowest BCUT2D eigenvalue weighted by molar-refractivity contribution is -0.137. The summed E-state index contributed by atoms with van der Waals surface area (Å²) in [5.74, 6) is 0.460. The van der Waals surface area contributed by atoms with Crippen molar-refractivity contribution in [2.24, 2.45) is 0 Å². The lowest BCUT2D eigenvalue weighted by Crippen LogP contribution is -2.35. The highest BCUT2D eigenvalue weighted by Gasteiger charge is 2.31. The molecule has 0 aromatic carbocycles. The van der Waals surface area contributed by atoms with Crippen molar-refractivity contribution in [2.75, 3.05) is 37.3 Å². The summed E-state index contributed by atoms with van der Waals surface area (Å²) in [5.41, 5.74) is -0.696. The van der Waals surface area contributed by atoms with Gasteiger partial charge in [-0.25, -0.2) is 4.98 Å². The van der Waals surface area contributed by atoms with Gasteiger partial charge in [0.1, 0.15) is 11.6 Å². The lowest BCUT2D eigenvalue weighted by Gasteiger charge is -2.24. The Morgan fingerprint density at radius 1 is 1.24 bits per heavy atom. The fraction of sp³-hybridized carbons (Fsp3) is 0.643. The van der Waals surface area contributed by atoms with Crippen LogP contribution in [0.15, 0.2) is 12.1 Å². The van der Waals surface area contributed by atoms with Gasteiger partial charge in [-0.2, -0.15) is 13.2 Å². The van der Waals surface area contributed by atoms with E-state index in [0.29, 0.717) is 6.54 Å². The number of likely N-dealkylation sites (tertiary alicyclic amines) is 1. The Morgan fingerprint density at radius 3 is 2.43 bits per heavy atom. The molecule has 1 atom stereocenters. The number of hydrogen-bond acceptors (Lipinski definition) is 4. The minimum absolute atomic E-state index is 0.209. The van der Waals surface area contributed by atoms with Gasteiger partial charge in [-0.1, -0.05) is 0 Å². The van der Waals surface area contributed by atoms with Gasteiger partial charge in [0.05, 0.1) is 5.56 Å². The summed E-state index contributed by atoms with van der Waals surface area (Å²) in [6.45, 7) is 4.77. The predicted molar refractivity (Wildman–Crippen MR) is 77.5 cm³/mol. The molecule has 21 heavy (non-hydrogen) atoms. The van der Waals surface area contributed by atoms with Gasteiger partial charge < -0.3 is 10.6 Å². The quantitative estimate of drug-likeness (QED) is 0.877. The van der Waals surface area contributed by atoms with Crippen LogP contribution in [0.1, 0.15) is 25.3 Å². The molecule has 0 bridgehead atoms. The average Bonchev–Trinajstić information content (AvgIpc) is 2.97. The maximum absolute atomic E-state index is 12.8. The molecule has 1 aromatic rings. The topological polar surface area (TPSA) is 40.2 Å². The standard InChI is InChI=1S/C14H21F3N4/c1-10(21-5-3-4-6-21)9-19-13-8-11(14(15,16)17)7-12(18-2)20-13/h7-8,10H,3-6,9H2,1-2H3,(H2,18,19,20). The lowest BCUT2D eigenvalue weighted by atomic mass is 10.2. The highest BCUT2D eigenvalue weighted by Crippen LogP contribution is 2.32. The number of alkyl halides is 3. The third-order valence-corrected chi connectivity index (χ3v) is 3.75. The van der Waals surface area contributed by atoms with Gasteiger partial charge in [-0.3, -0.25) is 4.90 Å². The van der Waals surface area contributed by atoms with E-state index in [1.54, 1.807) is 7.05 Å². The SMILES string of the molecule is CNc1cc(C(F)(F)F)cc(NCC(C)N2CCCC2)n1. The summed E-state index contributed by atoms with van der Waals surface area (Å²) in [6, 6.07) is 2.34. The Kier molecular flexibility index (Phi) is 4.92. The van der Waals surface area contributed by atoms with Gasteiger partial charge in [-0.15, -0.1) is 0 Å². The summed E-state index contributed by atoms with van der Waals surface area (Å²) in [7, 11) is 1.55. The van der Waals surface area contributed by atoms with E-state index < -0.39 is 11.7 Å². The number of nitrogens with zero attached hydrogens (tertiary/aromatic N) is 2. The minimum Gasteiger partial charge on any atom is -0.373 e. The largest absolute Gasteiger partial charge is 0.416 e. The zero-order valence-corrected chi connectivity index (χ0v) is 12.3. The molecule has 2 rings (SSSR count). The predicted octanol–water partition coefficient (Wildman–Crippen LogP) is 3.04. The Morgan fingerprint density at radius 2 is 1.86 bits per heavy atom. The smallest absolute Gasteiger partial charge is 0.373 e. The highest BCUT2D eigenvalue weighted by molar-refractivity contribution is 5.49. The molecule has 1 aromatic heterocycles. The highest BCUT2D eigenvalue weighted by atomic mass is 19.4. The average molecular weight is 302 g/mol. The van der Waals surface area contributed by atoms with Crippen LogP contribution < -0.4 is 10.6 Å². The second-order valence-corrected chi connectivity index (χ2v) is 5.35. The Hall–Kier alpha value is -1.50. The molecule has 7 heteroatoms. The van der Waals surface area contributed by atoms with Crippen molar-refractivity contribution in [1.82, 2.24) is 9.88 Å². The molecule has 0 amide bonds. The Balaban J connectivity index is 2.04. The van der Waals surface area contributed by atoms with Crippen molar-refractivity contribution < 1.29 is 13.2 Å². The van der Waals surface area contributed by atoms with E-state index >= 15 is 0 Å². The molecule has 2 heterocycles. The van der Waals surface area contributed by atoms with Crippen molar-refractivity contribution >= 4 is 11.6 Å². The number of aromatic nitrogens is 1.